The van der Waals surface area contributed by atoms with E-state index in [4.69, 9.17) is 0 Å². The van der Waals surface area contributed by atoms with E-state index in [0.717, 1.165) is 51.4 Å². The van der Waals surface area contributed by atoms with Crippen LogP contribution in [0.5, 0.6) is 0 Å². The summed E-state index contributed by atoms with van der Waals surface area (Å²) in [5.41, 5.74) is -0.0257. The van der Waals surface area contributed by atoms with Crippen molar-refractivity contribution in [1.29, 1.82) is 0 Å². The third-order valence-corrected chi connectivity index (χ3v) is 11.0. The predicted molar refractivity (Wildman–Crippen MR) is 122 cm³/mol. The maximum atomic E-state index is 12.1. The summed E-state index contributed by atoms with van der Waals surface area (Å²) in [7, 11) is 0. The minimum Gasteiger partial charge on any atom is -0.396 e. The van der Waals surface area contributed by atoms with E-state index in [1.807, 2.05) is 0 Å². The lowest BCUT2D eigenvalue weighted by atomic mass is 9.43. The van der Waals surface area contributed by atoms with Crippen LogP contribution >= 0.6 is 0 Å². The zero-order valence-electron chi connectivity index (χ0n) is 20.2. The average Bonchev–Trinajstić information content (AvgIpc) is 3.08. The predicted octanol–water partition coefficient (Wildman–Crippen LogP) is 4.59. The van der Waals surface area contributed by atoms with Crippen molar-refractivity contribution in [2.75, 3.05) is 6.61 Å². The van der Waals surface area contributed by atoms with Crippen molar-refractivity contribution in [3.63, 3.8) is 0 Å². The second-order valence-corrected chi connectivity index (χ2v) is 12.5. The quantitative estimate of drug-likeness (QED) is 0.571. The molecule has 11 atom stereocenters. The largest absolute Gasteiger partial charge is 0.396 e. The number of aliphatic hydroxyl groups excluding tert-OH is 3. The van der Waals surface area contributed by atoms with Crippen LogP contribution in [0.4, 0.5) is 0 Å². The monoisotopic (exact) mass is 434 g/mol. The fraction of sp³-hybridized carbons (Fsp3) is 0.963. The van der Waals surface area contributed by atoms with Gasteiger partial charge in [-0.25, -0.2) is 0 Å². The molecule has 4 nitrogen and oxygen atoms in total. The highest BCUT2D eigenvalue weighted by molar-refractivity contribution is 5.79. The molecule has 4 rings (SSSR count). The molecule has 0 amide bonds. The molecule has 0 aromatic heterocycles. The Kier molecular flexibility index (Phi) is 6.67. The lowest BCUT2D eigenvalue weighted by Crippen LogP contribution is -2.62. The molecule has 0 aromatic rings. The van der Waals surface area contributed by atoms with Crippen LogP contribution in [-0.4, -0.2) is 39.9 Å². The minimum atomic E-state index is -0.328. The molecule has 0 heterocycles. The summed E-state index contributed by atoms with van der Waals surface area (Å²) in [5.74, 6) is 3.07. The second kappa shape index (κ2) is 8.72. The minimum absolute atomic E-state index is 0.0876. The Morgan fingerprint density at radius 2 is 1.81 bits per heavy atom. The van der Waals surface area contributed by atoms with E-state index < -0.39 is 0 Å². The number of aliphatic hydroxyl groups is 3. The third-order valence-electron chi connectivity index (χ3n) is 11.0. The molecule has 178 valence electrons. The summed E-state index contributed by atoms with van der Waals surface area (Å²) < 4.78 is 0. The lowest BCUT2D eigenvalue weighted by Gasteiger charge is -2.63. The number of hydrogen-bond acceptors (Lipinski definition) is 4. The SMILES string of the molecule is CC(CO)CCC[C@@H](C)[C@H]1CC[C@H]2C3[C@H](O)C[C@@H]4CC(=O)CC[C@]4(C)[C@@H]3C[C@H](O)[C@]12C. The van der Waals surface area contributed by atoms with Gasteiger partial charge in [0.2, 0.25) is 0 Å². The van der Waals surface area contributed by atoms with E-state index >= 15 is 0 Å². The number of ketones is 1. The van der Waals surface area contributed by atoms with Gasteiger partial charge in [-0.1, -0.05) is 40.5 Å². The van der Waals surface area contributed by atoms with Crippen LogP contribution in [0.3, 0.4) is 0 Å². The Bertz CT molecular complexity index is 664. The highest BCUT2D eigenvalue weighted by Gasteiger charge is 2.65. The first-order chi connectivity index (χ1) is 14.6. The van der Waals surface area contributed by atoms with Gasteiger partial charge in [-0.2, -0.15) is 0 Å². The van der Waals surface area contributed by atoms with Crippen LogP contribution < -0.4 is 0 Å². The highest BCUT2D eigenvalue weighted by atomic mass is 16.3. The molecule has 0 radical (unpaired) electrons. The first kappa shape index (κ1) is 23.7. The van der Waals surface area contributed by atoms with Crippen LogP contribution in [0.25, 0.3) is 0 Å². The zero-order valence-corrected chi connectivity index (χ0v) is 20.2. The fourth-order valence-corrected chi connectivity index (χ4v) is 9.03. The zero-order chi connectivity index (χ0) is 22.6. The summed E-state index contributed by atoms with van der Waals surface area (Å²) in [6.45, 7) is 9.43. The van der Waals surface area contributed by atoms with Crippen LogP contribution in [0, 0.1) is 52.3 Å². The number of Topliss-reactive ketones (excluding diaryl/α,β-unsaturated/α-hetero) is 1. The number of carbonyl (C=O) groups excluding carboxylic acids is 1. The molecule has 2 unspecified atom stereocenters. The Hall–Kier alpha value is -0.450. The van der Waals surface area contributed by atoms with Gasteiger partial charge in [-0.3, -0.25) is 4.79 Å². The highest BCUT2D eigenvalue weighted by Crippen LogP contribution is 2.68. The molecule has 0 aliphatic heterocycles. The maximum Gasteiger partial charge on any atom is 0.133 e. The normalized spacial score (nSPS) is 49.1. The van der Waals surface area contributed by atoms with E-state index in [9.17, 15) is 20.1 Å². The Balaban J connectivity index is 1.53. The molecule has 0 spiro atoms. The molecule has 0 saturated heterocycles. The summed E-state index contributed by atoms with van der Waals surface area (Å²) in [6.07, 6.45) is 8.79. The first-order valence-electron chi connectivity index (χ1n) is 13.1. The molecule has 4 fully saturated rings. The Morgan fingerprint density at radius 3 is 2.52 bits per heavy atom. The van der Waals surface area contributed by atoms with Gasteiger partial charge < -0.3 is 15.3 Å². The molecule has 4 aliphatic rings. The lowest BCUT2D eigenvalue weighted by molar-refractivity contribution is -0.201. The summed E-state index contributed by atoms with van der Waals surface area (Å²) in [5, 5.41) is 32.3. The third kappa shape index (κ3) is 3.83. The molecule has 4 aliphatic carbocycles. The Morgan fingerprint density at radius 1 is 1.06 bits per heavy atom. The van der Waals surface area contributed by atoms with Crippen molar-refractivity contribution >= 4 is 5.78 Å². The molecular formula is C27H46O4. The smallest absolute Gasteiger partial charge is 0.133 e. The standard InChI is InChI=1S/C27H46O4/c1-16(15-28)6-5-7-17(2)20-8-9-21-25-22(14-24(31)27(20,21)4)26(3)11-10-19(29)12-18(26)13-23(25)30/h16-18,20-25,28,30-31H,5-15H2,1-4H3/t16?,17-,18+,20-,21+,22-,23-,24+,25?,26+,27-/m1/s1. The molecule has 4 saturated carbocycles. The average molecular weight is 435 g/mol. The van der Waals surface area contributed by atoms with Crippen molar-refractivity contribution in [2.24, 2.45) is 52.3 Å². The molecular weight excluding hydrogens is 388 g/mol. The van der Waals surface area contributed by atoms with Crippen molar-refractivity contribution < 1.29 is 20.1 Å². The fourth-order valence-electron chi connectivity index (χ4n) is 9.03. The summed E-state index contributed by atoms with van der Waals surface area (Å²) >= 11 is 0. The first-order valence-corrected chi connectivity index (χ1v) is 13.1. The van der Waals surface area contributed by atoms with Gasteiger partial charge in [-0.15, -0.1) is 0 Å². The van der Waals surface area contributed by atoms with Gasteiger partial charge in [0.05, 0.1) is 12.2 Å². The molecule has 0 aromatic carbocycles. The van der Waals surface area contributed by atoms with E-state index in [1.54, 1.807) is 0 Å². The summed E-state index contributed by atoms with van der Waals surface area (Å²) in [6, 6.07) is 0. The van der Waals surface area contributed by atoms with E-state index in [-0.39, 0.29) is 41.5 Å². The molecule has 0 bridgehead atoms. The van der Waals surface area contributed by atoms with Crippen LogP contribution in [-0.2, 0) is 4.79 Å². The van der Waals surface area contributed by atoms with Crippen molar-refractivity contribution in [2.45, 2.75) is 104 Å². The van der Waals surface area contributed by atoms with Gasteiger partial charge in [-0.05, 0) is 90.8 Å². The van der Waals surface area contributed by atoms with Crippen molar-refractivity contribution in [1.82, 2.24) is 0 Å². The van der Waals surface area contributed by atoms with Crippen molar-refractivity contribution in [3.8, 4) is 0 Å². The van der Waals surface area contributed by atoms with E-state index in [2.05, 4.69) is 27.7 Å². The van der Waals surface area contributed by atoms with E-state index in [1.165, 1.54) is 0 Å². The number of rotatable bonds is 6. The maximum absolute atomic E-state index is 12.1. The number of hydrogen-bond donors (Lipinski definition) is 3. The molecule has 4 heteroatoms. The van der Waals surface area contributed by atoms with Crippen molar-refractivity contribution in [3.05, 3.63) is 0 Å². The van der Waals surface area contributed by atoms with Crippen LogP contribution in [0.2, 0.25) is 0 Å². The molecule has 31 heavy (non-hydrogen) atoms. The Labute approximate surface area is 189 Å². The second-order valence-electron chi connectivity index (χ2n) is 12.5. The number of carbonyl (C=O) groups is 1. The topological polar surface area (TPSA) is 77.8 Å². The number of fused-ring (bicyclic) bond motifs is 5. The van der Waals surface area contributed by atoms with Crippen LogP contribution in [0.15, 0.2) is 0 Å². The van der Waals surface area contributed by atoms with Gasteiger partial charge in [0, 0.05) is 19.4 Å². The van der Waals surface area contributed by atoms with Gasteiger partial charge in [0.25, 0.3) is 0 Å². The van der Waals surface area contributed by atoms with Crippen LogP contribution in [0.1, 0.15) is 91.9 Å². The van der Waals surface area contributed by atoms with Gasteiger partial charge in [0.1, 0.15) is 5.78 Å². The van der Waals surface area contributed by atoms with Gasteiger partial charge >= 0.3 is 0 Å². The van der Waals surface area contributed by atoms with Gasteiger partial charge in [0.15, 0.2) is 0 Å². The van der Waals surface area contributed by atoms with E-state index in [0.29, 0.717) is 48.2 Å². The summed E-state index contributed by atoms with van der Waals surface area (Å²) in [4.78, 5) is 12.1. The molecule has 3 N–H and O–H groups in total.